The molecule has 1 aliphatic heterocycles. The zero-order chi connectivity index (χ0) is 24.8. The number of aliphatic hydroxyl groups is 2. The van der Waals surface area contributed by atoms with Crippen LogP contribution in [0.5, 0.6) is 5.75 Å². The number of halogens is 2. The fourth-order valence-electron chi connectivity index (χ4n) is 4.84. The Labute approximate surface area is 204 Å². The molecular weight excluding hydrogens is 450 g/mol. The predicted molar refractivity (Wildman–Crippen MR) is 131 cm³/mol. The molecule has 2 N–H and O–H groups in total. The first-order valence-corrected chi connectivity index (χ1v) is 11.9. The van der Waals surface area contributed by atoms with Gasteiger partial charge in [0.2, 0.25) is 0 Å². The Morgan fingerprint density at radius 2 is 1.97 bits per heavy atom. The van der Waals surface area contributed by atoms with Gasteiger partial charge in [-0.05, 0) is 79.6 Å². The summed E-state index contributed by atoms with van der Waals surface area (Å²) < 4.78 is 32.8. The summed E-state index contributed by atoms with van der Waals surface area (Å²) in [4.78, 5) is 6.48. The molecule has 1 fully saturated rings. The monoisotopic (exact) mass is 480 g/mol. The molecule has 184 valence electrons. The Morgan fingerprint density at radius 3 is 2.71 bits per heavy atom. The van der Waals surface area contributed by atoms with Crippen molar-refractivity contribution in [3.8, 4) is 17.6 Å². The number of nitrogens with zero attached hydrogens (tertiary/aromatic N) is 2. The second-order valence-electron chi connectivity index (χ2n) is 9.00. The average molecular weight is 481 g/mol. The number of hydrogen-bond donors (Lipinski definition) is 2. The Hall–Kier alpha value is -3.05. The molecule has 1 saturated heterocycles. The summed E-state index contributed by atoms with van der Waals surface area (Å²) >= 11 is 0. The van der Waals surface area contributed by atoms with Crippen molar-refractivity contribution in [3.63, 3.8) is 0 Å². The van der Waals surface area contributed by atoms with Crippen LogP contribution in [0.25, 0.3) is 10.9 Å². The maximum atomic E-state index is 13.8. The molecule has 1 unspecified atom stereocenters. The van der Waals surface area contributed by atoms with Crippen molar-refractivity contribution in [1.29, 1.82) is 0 Å². The van der Waals surface area contributed by atoms with Gasteiger partial charge in [0.25, 0.3) is 0 Å². The fourth-order valence-corrected chi connectivity index (χ4v) is 4.84. The van der Waals surface area contributed by atoms with Crippen molar-refractivity contribution >= 4 is 10.9 Å². The van der Waals surface area contributed by atoms with E-state index in [9.17, 15) is 19.0 Å². The number of methoxy groups -OCH3 is 1. The van der Waals surface area contributed by atoms with E-state index in [1.165, 1.54) is 18.2 Å². The fraction of sp³-hybridized carbons (Fsp3) is 0.393. The second kappa shape index (κ2) is 11.6. The Morgan fingerprint density at radius 1 is 1.17 bits per heavy atom. The number of pyridine rings is 1. The van der Waals surface area contributed by atoms with Crippen LogP contribution in [-0.2, 0) is 0 Å². The number of aliphatic hydroxyl groups excluding tert-OH is 2. The molecule has 0 bridgehead atoms. The van der Waals surface area contributed by atoms with Gasteiger partial charge in [-0.2, -0.15) is 0 Å². The summed E-state index contributed by atoms with van der Waals surface area (Å²) in [6.45, 7) is 1.86. The van der Waals surface area contributed by atoms with E-state index in [1.807, 2.05) is 24.3 Å². The van der Waals surface area contributed by atoms with Crippen molar-refractivity contribution in [1.82, 2.24) is 9.88 Å². The first-order valence-electron chi connectivity index (χ1n) is 11.9. The third-order valence-corrected chi connectivity index (χ3v) is 6.84. The van der Waals surface area contributed by atoms with Crippen molar-refractivity contribution in [2.45, 2.75) is 25.4 Å². The van der Waals surface area contributed by atoms with Gasteiger partial charge in [-0.25, -0.2) is 8.78 Å². The number of ether oxygens (including phenoxy) is 1. The predicted octanol–water partition coefficient (Wildman–Crippen LogP) is 4.32. The van der Waals surface area contributed by atoms with Gasteiger partial charge in [0, 0.05) is 24.7 Å². The lowest BCUT2D eigenvalue weighted by Crippen LogP contribution is -2.42. The quantitative estimate of drug-likeness (QED) is 0.493. The number of likely N-dealkylation sites (tertiary alicyclic amines) is 1. The minimum Gasteiger partial charge on any atom is -0.497 e. The smallest absolute Gasteiger partial charge is 0.141 e. The molecular formula is C28H30F2N2O3. The molecule has 4 rings (SSSR count). The van der Waals surface area contributed by atoms with Crippen LogP contribution in [0.4, 0.5) is 8.78 Å². The number of benzene rings is 2. The van der Waals surface area contributed by atoms with Crippen molar-refractivity contribution in [2.24, 2.45) is 11.8 Å². The van der Waals surface area contributed by atoms with Crippen LogP contribution in [0, 0.1) is 35.3 Å². The van der Waals surface area contributed by atoms with Crippen LogP contribution >= 0.6 is 0 Å². The molecule has 5 nitrogen and oxygen atoms in total. The molecule has 35 heavy (non-hydrogen) atoms. The molecule has 7 heteroatoms. The van der Waals surface area contributed by atoms with E-state index in [0.29, 0.717) is 25.3 Å². The van der Waals surface area contributed by atoms with Gasteiger partial charge in [0.05, 0.1) is 30.8 Å². The Balaban J connectivity index is 1.35. The number of aromatic nitrogens is 1. The van der Waals surface area contributed by atoms with Gasteiger partial charge < -0.3 is 14.9 Å². The van der Waals surface area contributed by atoms with E-state index >= 15 is 0 Å². The lowest BCUT2D eigenvalue weighted by Gasteiger charge is -2.37. The van der Waals surface area contributed by atoms with E-state index in [4.69, 9.17) is 4.74 Å². The molecule has 3 atom stereocenters. The lowest BCUT2D eigenvalue weighted by molar-refractivity contribution is 0.0640. The third-order valence-electron chi connectivity index (χ3n) is 6.84. The normalized spacial score (nSPS) is 19.2. The summed E-state index contributed by atoms with van der Waals surface area (Å²) in [5, 5.41) is 21.8. The third kappa shape index (κ3) is 5.96. The van der Waals surface area contributed by atoms with Crippen LogP contribution in [0.2, 0.25) is 0 Å². The maximum absolute atomic E-state index is 13.8. The molecule has 0 saturated carbocycles. The van der Waals surface area contributed by atoms with Crippen molar-refractivity contribution in [3.05, 3.63) is 71.4 Å². The molecule has 2 aromatic carbocycles. The Bertz CT molecular complexity index is 1200. The van der Waals surface area contributed by atoms with Crippen LogP contribution in [0.3, 0.4) is 0 Å². The van der Waals surface area contributed by atoms with Gasteiger partial charge in [0.1, 0.15) is 17.4 Å². The highest BCUT2D eigenvalue weighted by molar-refractivity contribution is 5.83. The molecule has 0 radical (unpaired) electrons. The summed E-state index contributed by atoms with van der Waals surface area (Å²) in [7, 11) is 1.61. The summed E-state index contributed by atoms with van der Waals surface area (Å²) in [6, 6.07) is 11.2. The molecule has 1 aromatic heterocycles. The molecule has 2 heterocycles. The van der Waals surface area contributed by atoms with Crippen molar-refractivity contribution < 1.29 is 23.7 Å². The average Bonchev–Trinajstić information content (AvgIpc) is 2.88. The highest BCUT2D eigenvalue weighted by Crippen LogP contribution is 2.33. The van der Waals surface area contributed by atoms with E-state index in [1.54, 1.807) is 13.3 Å². The standard InChI is InChI=1S/C28H30F2N2O3/c1-35-21-8-9-27-24(16-21)22(11-13-31-27)28(34)10-7-19-12-15-32(17-20(19)18-33)14-3-4-23-25(29)5-2-6-26(23)30/h2,5-6,8-9,11,13,16,19-20,28,33-34H,7,10,12,14-15,17-18H2,1H3/t19-,20-,28?/m1/s1. The van der Waals surface area contributed by atoms with Crippen molar-refractivity contribution in [2.75, 3.05) is 33.4 Å². The van der Waals surface area contributed by atoms with Crippen LogP contribution in [0.15, 0.2) is 48.7 Å². The van der Waals surface area contributed by atoms with Crippen LogP contribution in [0.1, 0.15) is 36.5 Å². The first kappa shape index (κ1) is 25.1. The number of fused-ring (bicyclic) bond motifs is 1. The minimum atomic E-state index is -0.663. The SMILES string of the molecule is COc1ccc2nccc(C(O)CC[C@@H]3CCN(CC#Cc4c(F)cccc4F)C[C@@H]3CO)c2c1. The zero-order valence-corrected chi connectivity index (χ0v) is 19.8. The van der Waals surface area contributed by atoms with Gasteiger partial charge in [0.15, 0.2) is 0 Å². The molecule has 0 amide bonds. The zero-order valence-electron chi connectivity index (χ0n) is 19.8. The number of rotatable bonds is 7. The topological polar surface area (TPSA) is 65.8 Å². The highest BCUT2D eigenvalue weighted by Gasteiger charge is 2.29. The number of piperidine rings is 1. The Kier molecular flexibility index (Phi) is 8.29. The van der Waals surface area contributed by atoms with Gasteiger partial charge >= 0.3 is 0 Å². The van der Waals surface area contributed by atoms with Gasteiger partial charge in [-0.1, -0.05) is 17.9 Å². The molecule has 0 aliphatic carbocycles. The van der Waals surface area contributed by atoms with E-state index in [0.717, 1.165) is 35.9 Å². The molecule has 0 spiro atoms. The van der Waals surface area contributed by atoms with Crippen LogP contribution in [-0.4, -0.2) is 53.4 Å². The molecule has 3 aromatic rings. The van der Waals surface area contributed by atoms with E-state index in [2.05, 4.69) is 21.7 Å². The van der Waals surface area contributed by atoms with Gasteiger partial charge in [-0.3, -0.25) is 9.88 Å². The van der Waals surface area contributed by atoms with E-state index < -0.39 is 17.7 Å². The second-order valence-corrected chi connectivity index (χ2v) is 9.00. The lowest BCUT2D eigenvalue weighted by atomic mass is 9.81. The number of hydrogen-bond acceptors (Lipinski definition) is 5. The summed E-state index contributed by atoms with van der Waals surface area (Å²) in [5.74, 6) is 5.18. The van der Waals surface area contributed by atoms with Crippen LogP contribution < -0.4 is 4.74 Å². The minimum absolute atomic E-state index is 0.0437. The first-order chi connectivity index (χ1) is 17.0. The van der Waals surface area contributed by atoms with Gasteiger partial charge in [-0.15, -0.1) is 0 Å². The maximum Gasteiger partial charge on any atom is 0.141 e. The molecule has 1 aliphatic rings. The van der Waals surface area contributed by atoms with E-state index in [-0.39, 0.29) is 24.0 Å². The summed E-state index contributed by atoms with van der Waals surface area (Å²) in [5.41, 5.74) is 1.42. The largest absolute Gasteiger partial charge is 0.497 e. The highest BCUT2D eigenvalue weighted by atomic mass is 19.1. The summed E-state index contributed by atoms with van der Waals surface area (Å²) in [6.07, 6.45) is 3.27.